The molecule has 2 rings (SSSR count). The van der Waals surface area contributed by atoms with Crippen molar-refractivity contribution in [2.75, 3.05) is 0 Å². The lowest BCUT2D eigenvalue weighted by Gasteiger charge is -2.17. The third-order valence-electron chi connectivity index (χ3n) is 3.73. The van der Waals surface area contributed by atoms with Crippen LogP contribution in [0.5, 0.6) is 0 Å². The molecule has 0 aliphatic heterocycles. The van der Waals surface area contributed by atoms with Crippen LogP contribution in [0.2, 0.25) is 0 Å². The number of hydrogen-bond donors (Lipinski definition) is 2. The molecule has 0 radical (unpaired) electrons. The Hall–Kier alpha value is -1.64. The summed E-state index contributed by atoms with van der Waals surface area (Å²) in [5.74, 6) is 0. The van der Waals surface area contributed by atoms with Crippen LogP contribution in [0.3, 0.4) is 0 Å². The monoisotopic (exact) mass is 312 g/mol. The molecule has 2 nitrogen and oxygen atoms in total. The summed E-state index contributed by atoms with van der Waals surface area (Å²) in [6.07, 6.45) is 2.23. The lowest BCUT2D eigenvalue weighted by Crippen LogP contribution is -2.21. The summed E-state index contributed by atoms with van der Waals surface area (Å²) in [7, 11) is 0. The van der Waals surface area contributed by atoms with Gasteiger partial charge in [0.2, 0.25) is 0 Å². The van der Waals surface area contributed by atoms with Crippen molar-refractivity contribution in [3.8, 4) is 0 Å². The molecule has 124 valence electrons. The molecule has 0 spiro atoms. The van der Waals surface area contributed by atoms with Crippen molar-refractivity contribution in [2.24, 2.45) is 0 Å². The quantitative estimate of drug-likeness (QED) is 0.849. The van der Waals surface area contributed by atoms with Crippen molar-refractivity contribution in [1.29, 1.82) is 0 Å². The molecule has 0 atom stereocenters. The fourth-order valence-electron chi connectivity index (χ4n) is 2.78. The standard InChI is InChI=1S/C21H28O2/c1-20(2,22)14-18-9-5-16(6-10-18)13-17-7-11-19(12-8-17)15-21(3,4)23/h5-12,22-23H,13-15H2,1-4H3. The minimum atomic E-state index is -0.669. The molecule has 0 aromatic heterocycles. The lowest BCUT2D eigenvalue weighted by molar-refractivity contribution is 0.0803. The van der Waals surface area contributed by atoms with E-state index in [1.54, 1.807) is 0 Å². The highest BCUT2D eigenvalue weighted by atomic mass is 16.3. The van der Waals surface area contributed by atoms with Crippen molar-refractivity contribution in [3.05, 3.63) is 70.8 Å². The van der Waals surface area contributed by atoms with E-state index in [4.69, 9.17) is 0 Å². The fraction of sp³-hybridized carbons (Fsp3) is 0.429. The molecule has 2 N–H and O–H groups in total. The number of benzene rings is 2. The Morgan fingerprint density at radius 2 is 0.826 bits per heavy atom. The Bertz CT molecular complexity index is 553. The van der Waals surface area contributed by atoms with Gasteiger partial charge in [-0.1, -0.05) is 48.5 Å². The summed E-state index contributed by atoms with van der Waals surface area (Å²) >= 11 is 0. The van der Waals surface area contributed by atoms with E-state index in [1.807, 2.05) is 27.7 Å². The minimum Gasteiger partial charge on any atom is -0.390 e. The van der Waals surface area contributed by atoms with Gasteiger partial charge in [0.15, 0.2) is 0 Å². The molecule has 2 heteroatoms. The van der Waals surface area contributed by atoms with Crippen molar-refractivity contribution < 1.29 is 10.2 Å². The van der Waals surface area contributed by atoms with Crippen LogP contribution < -0.4 is 0 Å². The molecule has 23 heavy (non-hydrogen) atoms. The molecular formula is C21H28O2. The van der Waals surface area contributed by atoms with Crippen LogP contribution in [0.25, 0.3) is 0 Å². The molecule has 0 saturated carbocycles. The summed E-state index contributed by atoms with van der Waals surface area (Å²) in [6, 6.07) is 16.9. The van der Waals surface area contributed by atoms with Gasteiger partial charge in [0, 0.05) is 12.8 Å². The molecule has 0 amide bonds. The maximum Gasteiger partial charge on any atom is 0.0631 e. The highest BCUT2D eigenvalue weighted by Gasteiger charge is 2.14. The zero-order chi connectivity index (χ0) is 17.1. The molecular weight excluding hydrogens is 284 g/mol. The normalized spacial score (nSPS) is 12.4. The predicted molar refractivity (Wildman–Crippen MR) is 95.7 cm³/mol. The predicted octanol–water partition coefficient (Wildman–Crippen LogP) is 3.90. The maximum atomic E-state index is 9.86. The maximum absolute atomic E-state index is 9.86. The molecule has 0 aliphatic rings. The first-order valence-corrected chi connectivity index (χ1v) is 8.21. The van der Waals surface area contributed by atoms with Gasteiger partial charge in [-0.25, -0.2) is 0 Å². The van der Waals surface area contributed by atoms with E-state index in [0.29, 0.717) is 12.8 Å². The topological polar surface area (TPSA) is 40.5 Å². The summed E-state index contributed by atoms with van der Waals surface area (Å²) in [6.45, 7) is 7.32. The van der Waals surface area contributed by atoms with Gasteiger partial charge >= 0.3 is 0 Å². The summed E-state index contributed by atoms with van der Waals surface area (Å²) in [5, 5.41) is 19.7. The molecule has 0 fully saturated rings. The minimum absolute atomic E-state index is 0.666. The summed E-state index contributed by atoms with van der Waals surface area (Å²) in [4.78, 5) is 0. The van der Waals surface area contributed by atoms with E-state index in [9.17, 15) is 10.2 Å². The molecule has 0 bridgehead atoms. The van der Waals surface area contributed by atoms with E-state index in [0.717, 1.165) is 17.5 Å². The van der Waals surface area contributed by atoms with Gasteiger partial charge in [-0.15, -0.1) is 0 Å². The third-order valence-corrected chi connectivity index (χ3v) is 3.73. The van der Waals surface area contributed by atoms with Gasteiger partial charge in [-0.3, -0.25) is 0 Å². The largest absolute Gasteiger partial charge is 0.390 e. The first-order valence-electron chi connectivity index (χ1n) is 8.21. The van der Waals surface area contributed by atoms with E-state index >= 15 is 0 Å². The van der Waals surface area contributed by atoms with Gasteiger partial charge in [0.1, 0.15) is 0 Å². The van der Waals surface area contributed by atoms with Gasteiger partial charge in [-0.05, 0) is 56.4 Å². The van der Waals surface area contributed by atoms with Gasteiger partial charge in [0.05, 0.1) is 11.2 Å². The number of rotatable bonds is 6. The SMILES string of the molecule is CC(C)(O)Cc1ccc(Cc2ccc(CC(C)(C)O)cc2)cc1. The lowest BCUT2D eigenvalue weighted by atomic mass is 9.95. The van der Waals surface area contributed by atoms with Crippen LogP contribution in [-0.2, 0) is 19.3 Å². The van der Waals surface area contributed by atoms with Crippen LogP contribution in [0.4, 0.5) is 0 Å². The van der Waals surface area contributed by atoms with Crippen molar-refractivity contribution in [2.45, 2.75) is 58.2 Å². The Labute approximate surface area is 139 Å². The second kappa shape index (κ2) is 6.86. The first kappa shape index (κ1) is 17.7. The second-order valence-electron chi connectivity index (χ2n) is 7.79. The van der Waals surface area contributed by atoms with E-state index in [2.05, 4.69) is 48.5 Å². The summed E-state index contributed by atoms with van der Waals surface area (Å²) in [5.41, 5.74) is 3.50. The highest BCUT2D eigenvalue weighted by Crippen LogP contribution is 2.17. The fourth-order valence-corrected chi connectivity index (χ4v) is 2.78. The van der Waals surface area contributed by atoms with E-state index in [1.165, 1.54) is 11.1 Å². The van der Waals surface area contributed by atoms with Crippen molar-refractivity contribution in [1.82, 2.24) is 0 Å². The zero-order valence-corrected chi connectivity index (χ0v) is 14.6. The highest BCUT2D eigenvalue weighted by molar-refractivity contribution is 5.31. The van der Waals surface area contributed by atoms with Crippen LogP contribution in [-0.4, -0.2) is 21.4 Å². The Morgan fingerprint density at radius 1 is 0.565 bits per heavy atom. The molecule has 0 saturated heterocycles. The Balaban J connectivity index is 1.99. The van der Waals surface area contributed by atoms with Crippen LogP contribution >= 0.6 is 0 Å². The molecule has 2 aromatic carbocycles. The van der Waals surface area contributed by atoms with Gasteiger partial charge in [-0.2, -0.15) is 0 Å². The molecule has 0 heterocycles. The van der Waals surface area contributed by atoms with Crippen molar-refractivity contribution >= 4 is 0 Å². The van der Waals surface area contributed by atoms with E-state index < -0.39 is 11.2 Å². The van der Waals surface area contributed by atoms with Gasteiger partial charge < -0.3 is 10.2 Å². The van der Waals surface area contributed by atoms with E-state index in [-0.39, 0.29) is 0 Å². The summed E-state index contributed by atoms with van der Waals surface area (Å²) < 4.78 is 0. The molecule has 0 aliphatic carbocycles. The zero-order valence-electron chi connectivity index (χ0n) is 14.6. The third kappa shape index (κ3) is 6.55. The Morgan fingerprint density at radius 3 is 1.09 bits per heavy atom. The number of hydrogen-bond acceptors (Lipinski definition) is 2. The average Bonchev–Trinajstić information content (AvgIpc) is 2.40. The van der Waals surface area contributed by atoms with Crippen LogP contribution in [0.15, 0.2) is 48.5 Å². The van der Waals surface area contributed by atoms with Gasteiger partial charge in [0.25, 0.3) is 0 Å². The van der Waals surface area contributed by atoms with Crippen LogP contribution in [0, 0.1) is 0 Å². The van der Waals surface area contributed by atoms with Crippen LogP contribution in [0.1, 0.15) is 49.9 Å². The molecule has 0 unspecified atom stereocenters. The smallest absolute Gasteiger partial charge is 0.0631 e. The van der Waals surface area contributed by atoms with Crippen molar-refractivity contribution in [3.63, 3.8) is 0 Å². The molecule has 2 aromatic rings. The first-order chi connectivity index (χ1) is 10.6. The average molecular weight is 312 g/mol. The number of aliphatic hydroxyl groups is 2. The second-order valence-corrected chi connectivity index (χ2v) is 7.79. The Kier molecular flexibility index (Phi) is 5.28.